The molecule has 0 spiro atoms. The largest absolute Gasteiger partial charge is 0.383 e. The second-order valence-electron chi connectivity index (χ2n) is 5.95. The first kappa shape index (κ1) is 23.6. The number of nitrogens with zero attached hydrogens (tertiary/aromatic N) is 1. The predicted octanol–water partition coefficient (Wildman–Crippen LogP) is 4.30. The van der Waals surface area contributed by atoms with Crippen molar-refractivity contribution in [3.8, 4) is 0 Å². The Morgan fingerprint density at radius 1 is 1.33 bits per heavy atom. The third-order valence-corrected chi connectivity index (χ3v) is 5.70. The average Bonchev–Trinajstić information content (AvgIpc) is 2.67. The van der Waals surface area contributed by atoms with Crippen molar-refractivity contribution in [2.45, 2.75) is 13.3 Å². The maximum Gasteiger partial charge on any atom is 0.261 e. The van der Waals surface area contributed by atoms with Crippen molar-refractivity contribution < 1.29 is 26.4 Å². The van der Waals surface area contributed by atoms with Gasteiger partial charge < -0.3 is 5.73 Å². The van der Waals surface area contributed by atoms with Crippen LogP contribution < -0.4 is 10.5 Å². The molecule has 0 amide bonds. The lowest BCUT2D eigenvalue weighted by Crippen LogP contribution is -2.18. The highest BCUT2D eigenvalue weighted by molar-refractivity contribution is 9.10. The fourth-order valence-electron chi connectivity index (χ4n) is 2.49. The minimum absolute atomic E-state index is 0.0107. The fourth-order valence-corrected chi connectivity index (χ4v) is 4.03. The number of pyridine rings is 1. The molecule has 0 aliphatic carbocycles. The van der Waals surface area contributed by atoms with E-state index in [9.17, 15) is 26.4 Å². The van der Waals surface area contributed by atoms with Crippen LogP contribution in [0.25, 0.3) is 0 Å². The molecule has 1 aromatic carbocycles. The zero-order valence-electron chi connectivity index (χ0n) is 15.6. The first-order chi connectivity index (χ1) is 14.1. The summed E-state index contributed by atoms with van der Waals surface area (Å²) in [7, 11) is -4.37. The molecule has 6 nitrogen and oxygen atoms in total. The second kappa shape index (κ2) is 9.90. The maximum absolute atomic E-state index is 14.9. The molecule has 2 rings (SSSR count). The Bertz CT molecular complexity index is 1140. The Morgan fingerprint density at radius 2 is 2.03 bits per heavy atom. The van der Waals surface area contributed by atoms with Crippen LogP contribution in [0.5, 0.6) is 0 Å². The molecule has 3 N–H and O–H groups in total. The number of sulfonamides is 1. The molecular formula is C19H17BrF3N3O3S. The van der Waals surface area contributed by atoms with Crippen molar-refractivity contribution >= 4 is 43.2 Å². The average molecular weight is 504 g/mol. The van der Waals surface area contributed by atoms with E-state index in [1.54, 1.807) is 0 Å². The van der Waals surface area contributed by atoms with Crippen molar-refractivity contribution in [3.05, 3.63) is 74.8 Å². The van der Waals surface area contributed by atoms with Gasteiger partial charge in [-0.15, -0.1) is 0 Å². The molecule has 0 saturated heterocycles. The van der Waals surface area contributed by atoms with Gasteiger partial charge >= 0.3 is 0 Å². The number of Topliss-reactive ketones (excluding diaryl/α,β-unsaturated/α-hetero) is 1. The Kier molecular flexibility index (Phi) is 7.79. The van der Waals surface area contributed by atoms with Gasteiger partial charge in [0.05, 0.1) is 16.2 Å². The van der Waals surface area contributed by atoms with Gasteiger partial charge in [-0.25, -0.2) is 26.6 Å². The number of anilines is 2. The molecule has 1 aromatic heterocycles. The number of rotatable bonds is 8. The topological polar surface area (TPSA) is 102 Å². The molecule has 0 atom stereocenters. The number of nitrogens with two attached hydrogens (primary N) is 1. The highest BCUT2D eigenvalue weighted by Crippen LogP contribution is 2.26. The third kappa shape index (κ3) is 5.48. The summed E-state index contributed by atoms with van der Waals surface area (Å²) in [5.41, 5.74) is 4.33. The summed E-state index contributed by atoms with van der Waals surface area (Å²) in [6.07, 6.45) is 4.17. The standard InChI is InChI=1S/C19H17BrF3N3O3S/c1-2-3-13(6-7-21)30(28,29)26-15-5-4-14(22)17(18(15)23)16(27)9-11-8-12(20)10-25-19(11)24/h2-6,8,10,26H,7,9H2,1H3,(H2,24,25)/b3-2-,13-6+. The van der Waals surface area contributed by atoms with E-state index in [1.165, 1.54) is 25.3 Å². The molecule has 0 bridgehead atoms. The first-order valence-corrected chi connectivity index (χ1v) is 10.7. The number of nitrogen functional groups attached to an aromatic ring is 1. The summed E-state index contributed by atoms with van der Waals surface area (Å²) in [5, 5.41) is 0. The molecule has 0 unspecified atom stereocenters. The van der Waals surface area contributed by atoms with E-state index >= 15 is 0 Å². The second-order valence-corrected chi connectivity index (χ2v) is 8.55. The van der Waals surface area contributed by atoms with Gasteiger partial charge in [0.2, 0.25) is 0 Å². The van der Waals surface area contributed by atoms with Crippen LogP contribution in [0.2, 0.25) is 0 Å². The van der Waals surface area contributed by atoms with Crippen molar-refractivity contribution in [1.82, 2.24) is 4.98 Å². The Labute approximate surface area is 179 Å². The van der Waals surface area contributed by atoms with Gasteiger partial charge in [0, 0.05) is 22.7 Å². The van der Waals surface area contributed by atoms with Crippen molar-refractivity contribution in [2.75, 3.05) is 17.1 Å². The third-order valence-electron chi connectivity index (χ3n) is 3.85. The molecule has 160 valence electrons. The summed E-state index contributed by atoms with van der Waals surface area (Å²) in [5.74, 6) is -3.53. The summed E-state index contributed by atoms with van der Waals surface area (Å²) in [4.78, 5) is 15.9. The van der Waals surface area contributed by atoms with Gasteiger partial charge in [-0.2, -0.15) is 0 Å². The fraction of sp³-hybridized carbons (Fsp3) is 0.158. The SMILES string of the molecule is C/C=C\C(=C/CF)S(=O)(=O)Nc1ccc(F)c(C(=O)Cc2cc(Br)cnc2N)c1F. The minimum atomic E-state index is -4.37. The van der Waals surface area contributed by atoms with Gasteiger partial charge in [-0.1, -0.05) is 6.08 Å². The van der Waals surface area contributed by atoms with E-state index in [0.29, 0.717) is 4.47 Å². The number of ketones is 1. The van der Waals surface area contributed by atoms with Crippen LogP contribution in [0.15, 0.2) is 52.0 Å². The lowest BCUT2D eigenvalue weighted by atomic mass is 10.0. The molecule has 0 aliphatic heterocycles. The van der Waals surface area contributed by atoms with Crippen LogP contribution in [0, 0.1) is 11.6 Å². The van der Waals surface area contributed by atoms with Crippen LogP contribution in [0.4, 0.5) is 24.7 Å². The zero-order chi connectivity index (χ0) is 22.5. The molecule has 0 aliphatic rings. The maximum atomic E-state index is 14.9. The molecule has 11 heteroatoms. The number of aromatic nitrogens is 1. The van der Waals surface area contributed by atoms with Crippen LogP contribution in [-0.4, -0.2) is 25.9 Å². The molecular weight excluding hydrogens is 487 g/mol. The van der Waals surface area contributed by atoms with Crippen LogP contribution in [-0.2, 0) is 16.4 Å². The van der Waals surface area contributed by atoms with Crippen LogP contribution in [0.3, 0.4) is 0 Å². The number of allylic oxidation sites excluding steroid dienone is 3. The number of hydrogen-bond donors (Lipinski definition) is 2. The molecule has 0 saturated carbocycles. The number of nitrogens with one attached hydrogen (secondary N) is 1. The number of carbonyl (C=O) groups excluding carboxylic acids is 1. The van der Waals surface area contributed by atoms with Gasteiger partial charge in [0.25, 0.3) is 10.0 Å². The first-order valence-electron chi connectivity index (χ1n) is 8.43. The van der Waals surface area contributed by atoms with E-state index < -0.39 is 56.7 Å². The van der Waals surface area contributed by atoms with E-state index in [0.717, 1.165) is 24.3 Å². The lowest BCUT2D eigenvalue weighted by molar-refractivity contribution is 0.0985. The highest BCUT2D eigenvalue weighted by atomic mass is 79.9. The van der Waals surface area contributed by atoms with Gasteiger partial charge in [0.1, 0.15) is 18.3 Å². The molecule has 0 fully saturated rings. The summed E-state index contributed by atoms with van der Waals surface area (Å²) < 4.78 is 68.9. The molecule has 30 heavy (non-hydrogen) atoms. The quantitative estimate of drug-likeness (QED) is 0.413. The highest BCUT2D eigenvalue weighted by Gasteiger charge is 2.24. The predicted molar refractivity (Wildman–Crippen MR) is 112 cm³/mol. The summed E-state index contributed by atoms with van der Waals surface area (Å²) >= 11 is 3.16. The van der Waals surface area contributed by atoms with Gasteiger partial charge in [0.15, 0.2) is 11.6 Å². The van der Waals surface area contributed by atoms with E-state index in [1.807, 2.05) is 4.72 Å². The van der Waals surface area contributed by atoms with E-state index in [2.05, 4.69) is 20.9 Å². The van der Waals surface area contributed by atoms with Crippen molar-refractivity contribution in [1.29, 1.82) is 0 Å². The van der Waals surface area contributed by atoms with E-state index in [-0.39, 0.29) is 11.4 Å². The van der Waals surface area contributed by atoms with E-state index in [4.69, 9.17) is 5.73 Å². The zero-order valence-corrected chi connectivity index (χ0v) is 18.0. The molecule has 0 radical (unpaired) electrons. The van der Waals surface area contributed by atoms with Gasteiger partial charge in [-0.3, -0.25) is 9.52 Å². The Hall–Kier alpha value is -2.66. The smallest absolute Gasteiger partial charge is 0.261 e. The van der Waals surface area contributed by atoms with Crippen molar-refractivity contribution in [3.63, 3.8) is 0 Å². The number of benzene rings is 1. The molecule has 1 heterocycles. The lowest BCUT2D eigenvalue weighted by Gasteiger charge is -2.13. The number of hydrogen-bond acceptors (Lipinski definition) is 5. The normalized spacial score (nSPS) is 12.4. The number of carbonyl (C=O) groups is 1. The summed E-state index contributed by atoms with van der Waals surface area (Å²) in [6, 6.07) is 3.06. The van der Waals surface area contributed by atoms with Crippen molar-refractivity contribution in [2.24, 2.45) is 0 Å². The molecule has 2 aromatic rings. The Morgan fingerprint density at radius 3 is 2.67 bits per heavy atom. The number of alkyl halides is 1. The van der Waals surface area contributed by atoms with Gasteiger partial charge in [-0.05, 0) is 53.2 Å². The Balaban J connectivity index is 2.43. The van der Waals surface area contributed by atoms with Crippen LogP contribution >= 0.6 is 15.9 Å². The monoisotopic (exact) mass is 503 g/mol. The number of halogens is 4. The minimum Gasteiger partial charge on any atom is -0.383 e. The summed E-state index contributed by atoms with van der Waals surface area (Å²) in [6.45, 7) is 0.442. The van der Waals surface area contributed by atoms with Crippen LogP contribution in [0.1, 0.15) is 22.8 Å².